The molecule has 0 bridgehead atoms. The summed E-state index contributed by atoms with van der Waals surface area (Å²) in [5, 5.41) is 2.98. The average molecular weight is 349 g/mol. The Bertz CT molecular complexity index is 749. The molecule has 6 nitrogen and oxygen atoms in total. The van der Waals surface area contributed by atoms with Crippen molar-refractivity contribution in [3.63, 3.8) is 0 Å². The zero-order chi connectivity index (χ0) is 17.5. The second-order valence-electron chi connectivity index (χ2n) is 4.79. The van der Waals surface area contributed by atoms with Crippen LogP contribution in [-0.4, -0.2) is 25.1 Å². The third kappa shape index (κ3) is 4.63. The number of hydrogen-bond donors (Lipinski definition) is 2. The van der Waals surface area contributed by atoms with Gasteiger partial charge in [0.15, 0.2) is 6.61 Å². The Morgan fingerprint density at radius 2 is 1.96 bits per heavy atom. The van der Waals surface area contributed by atoms with E-state index in [0.29, 0.717) is 23.1 Å². The van der Waals surface area contributed by atoms with Crippen molar-refractivity contribution in [3.05, 3.63) is 53.1 Å². The molecule has 0 aliphatic carbocycles. The average Bonchev–Trinajstić information content (AvgIpc) is 2.57. The molecule has 2 aromatic carbocycles. The van der Waals surface area contributed by atoms with Crippen molar-refractivity contribution in [2.45, 2.75) is 6.92 Å². The minimum atomic E-state index is -0.719. The number of halogens is 1. The minimum absolute atomic E-state index is 0.116. The lowest BCUT2D eigenvalue weighted by molar-refractivity contribution is -0.119. The van der Waals surface area contributed by atoms with E-state index in [2.05, 4.69) is 5.32 Å². The van der Waals surface area contributed by atoms with Crippen molar-refractivity contribution in [1.29, 1.82) is 0 Å². The van der Waals surface area contributed by atoms with Crippen LogP contribution in [0, 0.1) is 0 Å². The van der Waals surface area contributed by atoms with E-state index < -0.39 is 18.5 Å². The molecule has 1 amide bonds. The lowest BCUT2D eigenvalue weighted by Gasteiger charge is -2.11. The SMILES string of the molecule is CCOc1ccccc1NC(=O)COC(=O)c1cc(Cl)ccc1N. The summed E-state index contributed by atoms with van der Waals surface area (Å²) in [5.41, 5.74) is 6.54. The molecule has 0 heterocycles. The van der Waals surface area contributed by atoms with E-state index in [1.54, 1.807) is 30.3 Å². The summed E-state index contributed by atoms with van der Waals surface area (Å²) in [7, 11) is 0. The molecule has 0 saturated carbocycles. The normalized spacial score (nSPS) is 10.1. The molecule has 0 aromatic heterocycles. The van der Waals surface area contributed by atoms with Gasteiger partial charge in [0.05, 0.1) is 17.9 Å². The van der Waals surface area contributed by atoms with Gasteiger partial charge in [-0.15, -0.1) is 0 Å². The van der Waals surface area contributed by atoms with Gasteiger partial charge < -0.3 is 20.5 Å². The Kier molecular flexibility index (Phi) is 6.03. The molecule has 0 unspecified atom stereocenters. The summed E-state index contributed by atoms with van der Waals surface area (Å²) in [4.78, 5) is 23.9. The van der Waals surface area contributed by atoms with Crippen LogP contribution >= 0.6 is 11.6 Å². The van der Waals surface area contributed by atoms with E-state index in [4.69, 9.17) is 26.8 Å². The fourth-order valence-corrected chi connectivity index (χ4v) is 2.12. The third-order valence-corrected chi connectivity index (χ3v) is 3.27. The van der Waals surface area contributed by atoms with Gasteiger partial charge in [0.2, 0.25) is 0 Å². The van der Waals surface area contributed by atoms with Crippen LogP contribution in [0.4, 0.5) is 11.4 Å². The quantitative estimate of drug-likeness (QED) is 0.618. The number of anilines is 2. The van der Waals surface area contributed by atoms with Crippen molar-refractivity contribution in [3.8, 4) is 5.75 Å². The highest BCUT2D eigenvalue weighted by Crippen LogP contribution is 2.23. The van der Waals surface area contributed by atoms with Gasteiger partial charge in [-0.3, -0.25) is 4.79 Å². The molecule has 0 radical (unpaired) electrons. The first-order valence-electron chi connectivity index (χ1n) is 7.25. The number of benzene rings is 2. The number of hydrogen-bond acceptors (Lipinski definition) is 5. The fourth-order valence-electron chi connectivity index (χ4n) is 1.95. The predicted molar refractivity (Wildman–Crippen MR) is 92.4 cm³/mol. The van der Waals surface area contributed by atoms with E-state index in [0.717, 1.165) is 0 Å². The Labute approximate surface area is 144 Å². The predicted octanol–water partition coefficient (Wildman–Crippen LogP) is 3.12. The molecule has 3 N–H and O–H groups in total. The molecule has 0 aliphatic heterocycles. The molecule has 0 saturated heterocycles. The van der Waals surface area contributed by atoms with Gasteiger partial charge in [-0.1, -0.05) is 23.7 Å². The second-order valence-corrected chi connectivity index (χ2v) is 5.22. The molecule has 0 atom stereocenters. The largest absolute Gasteiger partial charge is 0.492 e. The van der Waals surface area contributed by atoms with E-state index in [-0.39, 0.29) is 11.3 Å². The molecule has 0 spiro atoms. The van der Waals surface area contributed by atoms with Crippen LogP contribution in [0.3, 0.4) is 0 Å². The number of para-hydroxylation sites is 2. The van der Waals surface area contributed by atoms with Crippen LogP contribution in [-0.2, 0) is 9.53 Å². The number of carbonyl (C=O) groups is 2. The first-order valence-corrected chi connectivity index (χ1v) is 7.63. The third-order valence-electron chi connectivity index (χ3n) is 3.03. The molecule has 126 valence electrons. The van der Waals surface area contributed by atoms with Gasteiger partial charge in [0.1, 0.15) is 5.75 Å². The van der Waals surface area contributed by atoms with Crippen LogP contribution in [0.2, 0.25) is 5.02 Å². The smallest absolute Gasteiger partial charge is 0.340 e. The molecule has 24 heavy (non-hydrogen) atoms. The van der Waals surface area contributed by atoms with Gasteiger partial charge in [0, 0.05) is 10.7 Å². The van der Waals surface area contributed by atoms with Crippen LogP contribution in [0.1, 0.15) is 17.3 Å². The summed E-state index contributed by atoms with van der Waals surface area (Å²) in [6, 6.07) is 11.4. The fraction of sp³-hybridized carbons (Fsp3) is 0.176. The highest BCUT2D eigenvalue weighted by atomic mass is 35.5. The van der Waals surface area contributed by atoms with Gasteiger partial charge in [0.25, 0.3) is 5.91 Å². The summed E-state index contributed by atoms with van der Waals surface area (Å²) >= 11 is 5.82. The van der Waals surface area contributed by atoms with Crippen molar-refractivity contribution < 1.29 is 19.1 Å². The Balaban J connectivity index is 1.96. The molecule has 7 heteroatoms. The number of carbonyl (C=O) groups excluding carboxylic acids is 2. The number of esters is 1. The van der Waals surface area contributed by atoms with Crippen molar-refractivity contribution in [2.75, 3.05) is 24.3 Å². The van der Waals surface area contributed by atoms with Gasteiger partial charge in [-0.05, 0) is 37.3 Å². The first-order chi connectivity index (χ1) is 11.5. The number of amides is 1. The number of nitrogens with two attached hydrogens (primary N) is 1. The van der Waals surface area contributed by atoms with Gasteiger partial charge in [-0.25, -0.2) is 4.79 Å². The summed E-state index contributed by atoms with van der Waals surface area (Å²) in [6.45, 7) is 1.86. The zero-order valence-electron chi connectivity index (χ0n) is 13.0. The lowest BCUT2D eigenvalue weighted by atomic mass is 10.2. The summed E-state index contributed by atoms with van der Waals surface area (Å²) < 4.78 is 10.4. The van der Waals surface area contributed by atoms with Crippen LogP contribution in [0.15, 0.2) is 42.5 Å². The van der Waals surface area contributed by atoms with Crippen molar-refractivity contribution >= 4 is 34.9 Å². The highest BCUT2D eigenvalue weighted by Gasteiger charge is 2.14. The minimum Gasteiger partial charge on any atom is -0.492 e. The standard InChI is InChI=1S/C17H17ClN2O4/c1-2-23-15-6-4-3-5-14(15)20-16(21)10-24-17(22)12-9-11(18)7-8-13(12)19/h3-9H,2,10,19H2,1H3,(H,20,21). The molecule has 2 rings (SSSR count). The van der Waals surface area contributed by atoms with Gasteiger partial charge >= 0.3 is 5.97 Å². The topological polar surface area (TPSA) is 90.6 Å². The first kappa shape index (κ1) is 17.6. The number of nitrogens with one attached hydrogen (secondary N) is 1. The van der Waals surface area contributed by atoms with Crippen molar-refractivity contribution in [2.24, 2.45) is 0 Å². The van der Waals surface area contributed by atoms with E-state index in [1.165, 1.54) is 12.1 Å². The maximum Gasteiger partial charge on any atom is 0.340 e. The van der Waals surface area contributed by atoms with Crippen LogP contribution in [0.5, 0.6) is 5.75 Å². The zero-order valence-corrected chi connectivity index (χ0v) is 13.8. The number of nitrogen functional groups attached to an aromatic ring is 1. The number of rotatable bonds is 6. The molecular formula is C17H17ClN2O4. The van der Waals surface area contributed by atoms with E-state index >= 15 is 0 Å². The van der Waals surface area contributed by atoms with E-state index in [9.17, 15) is 9.59 Å². The van der Waals surface area contributed by atoms with Crippen LogP contribution < -0.4 is 15.8 Å². The summed E-state index contributed by atoms with van der Waals surface area (Å²) in [5.74, 6) is -0.668. The number of ether oxygens (including phenoxy) is 2. The van der Waals surface area contributed by atoms with Crippen LogP contribution in [0.25, 0.3) is 0 Å². The maximum atomic E-state index is 12.0. The lowest BCUT2D eigenvalue weighted by Crippen LogP contribution is -2.21. The maximum absolute atomic E-state index is 12.0. The second kappa shape index (κ2) is 8.21. The van der Waals surface area contributed by atoms with E-state index in [1.807, 2.05) is 6.92 Å². The molecular weight excluding hydrogens is 332 g/mol. The Morgan fingerprint density at radius 1 is 1.21 bits per heavy atom. The highest BCUT2D eigenvalue weighted by molar-refractivity contribution is 6.31. The molecule has 2 aromatic rings. The van der Waals surface area contributed by atoms with Gasteiger partial charge in [-0.2, -0.15) is 0 Å². The Morgan fingerprint density at radius 3 is 2.71 bits per heavy atom. The monoisotopic (exact) mass is 348 g/mol. The van der Waals surface area contributed by atoms with Crippen molar-refractivity contribution in [1.82, 2.24) is 0 Å². The Hall–Kier alpha value is -2.73. The molecule has 0 aliphatic rings. The summed E-state index contributed by atoms with van der Waals surface area (Å²) in [6.07, 6.45) is 0. The molecule has 0 fully saturated rings.